The fourth-order valence-corrected chi connectivity index (χ4v) is 5.49. The van der Waals surface area contributed by atoms with Crippen molar-refractivity contribution in [2.75, 3.05) is 49.1 Å². The monoisotopic (exact) mass is 437 g/mol. The Kier molecular flexibility index (Phi) is 6.14. The lowest BCUT2D eigenvalue weighted by atomic mass is 10.1. The molecule has 0 N–H and O–H groups in total. The number of hydrogen-bond donors (Lipinski definition) is 0. The molecule has 30 heavy (non-hydrogen) atoms. The second kappa shape index (κ2) is 8.81. The molecule has 0 saturated carbocycles. The Morgan fingerprint density at radius 1 is 0.767 bits per heavy atom. The normalized spacial score (nSPS) is 18.6. The number of rotatable bonds is 5. The Morgan fingerprint density at radius 3 is 1.93 bits per heavy atom. The predicted octanol–water partition coefficient (Wildman–Crippen LogP) is 2.40. The molecule has 4 rings (SSSR count). The van der Waals surface area contributed by atoms with Crippen LogP contribution in [0.25, 0.3) is 0 Å². The summed E-state index contributed by atoms with van der Waals surface area (Å²) in [5.41, 5.74) is 0.108. The lowest BCUT2D eigenvalue weighted by Crippen LogP contribution is -2.49. The lowest BCUT2D eigenvalue weighted by molar-refractivity contribution is 0.383. The van der Waals surface area contributed by atoms with E-state index in [0.29, 0.717) is 26.2 Å². The van der Waals surface area contributed by atoms with E-state index < -0.39 is 27.4 Å². The third-order valence-corrected chi connectivity index (χ3v) is 7.40. The van der Waals surface area contributed by atoms with Crippen molar-refractivity contribution in [3.8, 4) is 0 Å². The summed E-state index contributed by atoms with van der Waals surface area (Å²) in [7, 11) is -3.67. The number of anilines is 2. The maximum absolute atomic E-state index is 13.4. The largest absolute Gasteiger partial charge is 0.356 e. The van der Waals surface area contributed by atoms with Gasteiger partial charge in [-0.2, -0.15) is 4.31 Å². The number of benzene rings is 1. The molecule has 2 saturated heterocycles. The molecular weight excluding hydrogens is 412 g/mol. The van der Waals surface area contributed by atoms with Crippen LogP contribution >= 0.6 is 0 Å². The van der Waals surface area contributed by atoms with Gasteiger partial charge < -0.3 is 9.80 Å². The van der Waals surface area contributed by atoms with Gasteiger partial charge in [-0.3, -0.25) is 0 Å². The number of piperazine rings is 1. The Bertz CT molecular complexity index is 970. The van der Waals surface area contributed by atoms with Crippen molar-refractivity contribution in [3.05, 3.63) is 47.8 Å². The molecule has 1 aromatic carbocycles. The Hall–Kier alpha value is -2.33. The zero-order valence-electron chi connectivity index (χ0n) is 16.7. The Labute approximate surface area is 175 Å². The van der Waals surface area contributed by atoms with Crippen molar-refractivity contribution >= 4 is 21.7 Å². The average molecular weight is 438 g/mol. The molecule has 0 unspecified atom stereocenters. The molecule has 3 heterocycles. The SMILES string of the molecule is O=S(=O)(Cc1cc(F)cc(F)c1)N1CCN(c2cc(N3CCCCC3)ncn2)CC1. The van der Waals surface area contributed by atoms with Crippen LogP contribution in [0.5, 0.6) is 0 Å². The highest BCUT2D eigenvalue weighted by Gasteiger charge is 2.28. The number of hydrogen-bond acceptors (Lipinski definition) is 6. The van der Waals surface area contributed by atoms with Gasteiger partial charge in [0.2, 0.25) is 10.0 Å². The summed E-state index contributed by atoms with van der Waals surface area (Å²) in [6, 6.07) is 4.81. The summed E-state index contributed by atoms with van der Waals surface area (Å²) < 4.78 is 53.6. The first-order chi connectivity index (χ1) is 14.4. The fraction of sp³-hybridized carbons (Fsp3) is 0.500. The van der Waals surface area contributed by atoms with Crippen LogP contribution in [0, 0.1) is 11.6 Å². The third-order valence-electron chi connectivity index (χ3n) is 5.55. The summed E-state index contributed by atoms with van der Waals surface area (Å²) in [5, 5.41) is 0. The van der Waals surface area contributed by atoms with Crippen molar-refractivity contribution in [1.82, 2.24) is 14.3 Å². The van der Waals surface area contributed by atoms with Crippen LogP contribution in [0.2, 0.25) is 0 Å². The zero-order chi connectivity index (χ0) is 21.1. The van der Waals surface area contributed by atoms with E-state index in [1.165, 1.54) is 10.7 Å². The highest BCUT2D eigenvalue weighted by atomic mass is 32.2. The molecule has 0 spiro atoms. The second-order valence-electron chi connectivity index (χ2n) is 7.70. The fourth-order valence-electron chi connectivity index (χ4n) is 4.00. The van der Waals surface area contributed by atoms with Gasteiger partial charge in [0.05, 0.1) is 5.75 Å². The Morgan fingerprint density at radius 2 is 1.33 bits per heavy atom. The number of aromatic nitrogens is 2. The molecule has 7 nitrogen and oxygen atoms in total. The van der Waals surface area contributed by atoms with Gasteiger partial charge in [0.15, 0.2) is 0 Å². The van der Waals surface area contributed by atoms with E-state index in [2.05, 4.69) is 14.9 Å². The first-order valence-electron chi connectivity index (χ1n) is 10.2. The minimum absolute atomic E-state index is 0.108. The molecule has 2 fully saturated rings. The van der Waals surface area contributed by atoms with Crippen molar-refractivity contribution in [3.63, 3.8) is 0 Å². The maximum Gasteiger partial charge on any atom is 0.218 e. The van der Waals surface area contributed by atoms with Crippen molar-refractivity contribution in [2.45, 2.75) is 25.0 Å². The molecule has 0 atom stereocenters. The smallest absolute Gasteiger partial charge is 0.218 e. The molecule has 162 valence electrons. The first kappa shape index (κ1) is 20.9. The van der Waals surface area contributed by atoms with Crippen LogP contribution in [0.1, 0.15) is 24.8 Å². The lowest BCUT2D eigenvalue weighted by Gasteiger charge is -2.35. The first-order valence-corrected chi connectivity index (χ1v) is 11.8. The van der Waals surface area contributed by atoms with Crippen LogP contribution in [0.3, 0.4) is 0 Å². The van der Waals surface area contributed by atoms with Crippen LogP contribution in [0.4, 0.5) is 20.4 Å². The van der Waals surface area contributed by atoms with Gasteiger partial charge in [-0.05, 0) is 37.0 Å². The van der Waals surface area contributed by atoms with Crippen molar-refractivity contribution in [1.29, 1.82) is 0 Å². The van der Waals surface area contributed by atoms with E-state index in [1.807, 2.05) is 11.0 Å². The molecule has 2 aromatic rings. The standard InChI is InChI=1S/C20H25F2N5O2S/c21-17-10-16(11-18(22)12-17)14-30(28,29)27-8-6-26(7-9-27)20-13-19(23-15-24-20)25-4-2-1-3-5-25/h10-13,15H,1-9,14H2. The summed E-state index contributed by atoms with van der Waals surface area (Å²) in [6.07, 6.45) is 5.12. The van der Waals surface area contributed by atoms with E-state index >= 15 is 0 Å². The number of piperidine rings is 1. The van der Waals surface area contributed by atoms with Gasteiger partial charge in [-0.1, -0.05) is 0 Å². The summed E-state index contributed by atoms with van der Waals surface area (Å²) >= 11 is 0. The molecule has 0 amide bonds. The second-order valence-corrected chi connectivity index (χ2v) is 9.67. The average Bonchev–Trinajstić information content (AvgIpc) is 2.73. The molecule has 0 bridgehead atoms. The van der Waals surface area contributed by atoms with E-state index in [0.717, 1.165) is 55.8 Å². The van der Waals surface area contributed by atoms with Crippen LogP contribution in [0.15, 0.2) is 30.6 Å². The van der Waals surface area contributed by atoms with Gasteiger partial charge in [0.25, 0.3) is 0 Å². The zero-order valence-corrected chi connectivity index (χ0v) is 17.5. The molecular formula is C20H25F2N5O2S. The van der Waals surface area contributed by atoms with Gasteiger partial charge in [0.1, 0.15) is 29.6 Å². The molecule has 0 radical (unpaired) electrons. The van der Waals surface area contributed by atoms with Crippen LogP contribution in [-0.2, 0) is 15.8 Å². The topological polar surface area (TPSA) is 69.6 Å². The number of halogens is 2. The quantitative estimate of drug-likeness (QED) is 0.716. The molecule has 10 heteroatoms. The van der Waals surface area contributed by atoms with Gasteiger partial charge in [-0.15, -0.1) is 0 Å². The minimum atomic E-state index is -3.67. The molecule has 2 aliphatic heterocycles. The molecule has 2 aliphatic rings. The van der Waals surface area contributed by atoms with Crippen LogP contribution in [-0.4, -0.2) is 62.0 Å². The highest BCUT2D eigenvalue weighted by Crippen LogP contribution is 2.23. The van der Waals surface area contributed by atoms with Gasteiger partial charge in [0, 0.05) is 51.4 Å². The summed E-state index contributed by atoms with van der Waals surface area (Å²) in [5.74, 6) is -0.289. The van der Waals surface area contributed by atoms with E-state index in [4.69, 9.17) is 0 Å². The van der Waals surface area contributed by atoms with E-state index in [1.54, 1.807) is 6.33 Å². The van der Waals surface area contributed by atoms with Crippen molar-refractivity contribution < 1.29 is 17.2 Å². The summed E-state index contributed by atoms with van der Waals surface area (Å²) in [6.45, 7) is 3.55. The maximum atomic E-state index is 13.4. The van der Waals surface area contributed by atoms with E-state index in [9.17, 15) is 17.2 Å². The molecule has 1 aromatic heterocycles. The third kappa shape index (κ3) is 4.86. The summed E-state index contributed by atoms with van der Waals surface area (Å²) in [4.78, 5) is 13.1. The predicted molar refractivity (Wildman–Crippen MR) is 111 cm³/mol. The Balaban J connectivity index is 1.39. The molecule has 0 aliphatic carbocycles. The number of nitrogens with zero attached hydrogens (tertiary/aromatic N) is 5. The minimum Gasteiger partial charge on any atom is -0.356 e. The van der Waals surface area contributed by atoms with Crippen molar-refractivity contribution in [2.24, 2.45) is 0 Å². The van der Waals surface area contributed by atoms with E-state index in [-0.39, 0.29) is 5.56 Å². The highest BCUT2D eigenvalue weighted by molar-refractivity contribution is 7.88. The number of sulfonamides is 1. The van der Waals surface area contributed by atoms with Crippen LogP contribution < -0.4 is 9.80 Å². The van der Waals surface area contributed by atoms with Gasteiger partial charge in [-0.25, -0.2) is 27.2 Å². The van der Waals surface area contributed by atoms with Gasteiger partial charge >= 0.3 is 0 Å².